The van der Waals surface area contributed by atoms with Crippen LogP contribution in [0.1, 0.15) is 68.9 Å². The molecule has 2 aliphatic carbocycles. The smallest absolute Gasteiger partial charge is 0.326 e. The molecular weight excluding hydrogens is 448 g/mol. The first-order chi connectivity index (χ1) is 16.6. The fourth-order valence-electron chi connectivity index (χ4n) is 5.59. The molecule has 9 nitrogen and oxygen atoms in total. The zero-order valence-electron chi connectivity index (χ0n) is 19.6. The number of Topliss-reactive ketones (excluding diaryl/α,β-unsaturated/α-hetero) is 1. The summed E-state index contributed by atoms with van der Waals surface area (Å²) in [7, 11) is 1.54. The first-order valence-corrected chi connectivity index (χ1v) is 11.7. The lowest BCUT2D eigenvalue weighted by atomic mass is 9.81. The third-order valence-electron chi connectivity index (χ3n) is 7.99. The Morgan fingerprint density at radius 3 is 2.66 bits per heavy atom. The van der Waals surface area contributed by atoms with E-state index >= 15 is 0 Å². The predicted octanol–water partition coefficient (Wildman–Crippen LogP) is 2.18. The van der Waals surface area contributed by atoms with Crippen molar-refractivity contribution in [3.8, 4) is 5.75 Å². The fourth-order valence-corrected chi connectivity index (χ4v) is 5.59. The summed E-state index contributed by atoms with van der Waals surface area (Å²) in [4.78, 5) is 42.2. The maximum Gasteiger partial charge on any atom is 0.326 e. The van der Waals surface area contributed by atoms with Gasteiger partial charge in [-0.15, -0.1) is 0 Å². The van der Waals surface area contributed by atoms with Gasteiger partial charge in [-0.05, 0) is 49.3 Å². The van der Waals surface area contributed by atoms with Crippen LogP contribution in [0.2, 0.25) is 0 Å². The number of carbonyl (C=O) groups excluding carboxylic acids is 2. The number of aromatic nitrogens is 2. The summed E-state index contributed by atoms with van der Waals surface area (Å²) in [5.74, 6) is -2.26. The number of imidazole rings is 1. The number of nitrogens with one attached hydrogen (secondary N) is 2. The van der Waals surface area contributed by atoms with E-state index in [1.807, 2.05) is 12.1 Å². The monoisotopic (exact) mass is 474 g/mol. The molecule has 0 unspecified atom stereocenters. The summed E-state index contributed by atoms with van der Waals surface area (Å²) in [5.41, 5.74) is 5.95. The largest absolute Gasteiger partial charge is 0.454 e. The van der Waals surface area contributed by atoms with Crippen molar-refractivity contribution < 1.29 is 19.4 Å². The van der Waals surface area contributed by atoms with Crippen LogP contribution in [0.4, 0.5) is 5.69 Å². The van der Waals surface area contributed by atoms with Gasteiger partial charge in [-0.1, -0.05) is 31.2 Å². The van der Waals surface area contributed by atoms with Crippen LogP contribution >= 0.6 is 0 Å². The van der Waals surface area contributed by atoms with Gasteiger partial charge < -0.3 is 25.9 Å². The third-order valence-corrected chi connectivity index (χ3v) is 7.99. The zero-order chi connectivity index (χ0) is 24.9. The predicted molar refractivity (Wildman–Crippen MR) is 127 cm³/mol. The number of rotatable bonds is 4. The highest BCUT2D eigenvalue weighted by atomic mass is 16.6. The number of nitrogens with zero attached hydrogens (tertiary/aromatic N) is 1. The number of amides is 1. The Hall–Kier alpha value is -3.85. The summed E-state index contributed by atoms with van der Waals surface area (Å²) in [6.45, 7) is 3.77. The summed E-state index contributed by atoms with van der Waals surface area (Å²) in [6, 6.07) is 10.3. The van der Waals surface area contributed by atoms with Gasteiger partial charge >= 0.3 is 5.69 Å². The molecule has 1 aromatic heterocycles. The fraction of sp³-hybridized carbons (Fsp3) is 0.346. The molecular formula is C26H26N4O5. The molecule has 180 valence electrons. The summed E-state index contributed by atoms with van der Waals surface area (Å²) in [6.07, 6.45) is 2.34. The number of ketones is 1. The third kappa shape index (κ3) is 2.64. The lowest BCUT2D eigenvalue weighted by Crippen LogP contribution is -2.60. The number of hydrogen-bond acceptors (Lipinski definition) is 6. The molecule has 2 aromatic carbocycles. The number of aromatic amines is 1. The maximum absolute atomic E-state index is 14.0. The molecule has 1 saturated carbocycles. The molecule has 1 fully saturated rings. The molecule has 3 aliphatic rings. The van der Waals surface area contributed by atoms with Crippen LogP contribution < -0.4 is 21.5 Å². The molecule has 35 heavy (non-hydrogen) atoms. The van der Waals surface area contributed by atoms with Crippen molar-refractivity contribution in [1.29, 1.82) is 0 Å². The van der Waals surface area contributed by atoms with Crippen molar-refractivity contribution in [2.75, 3.05) is 5.73 Å². The van der Waals surface area contributed by atoms with Crippen LogP contribution in [0.25, 0.3) is 0 Å². The summed E-state index contributed by atoms with van der Waals surface area (Å²) >= 11 is 0. The quantitative estimate of drug-likeness (QED) is 0.428. The average Bonchev–Trinajstić information content (AvgIpc) is 3.57. The molecule has 6 rings (SSSR count). The van der Waals surface area contributed by atoms with Gasteiger partial charge in [0, 0.05) is 29.6 Å². The molecule has 1 amide bonds. The number of benzene rings is 2. The standard InChI is InChI=1S/C26H26N4O5/c1-12(14-7-8-14)15-9-10-16-19(11-15)35-26(34)17-5-4-6-18(27)20(17)22(31)25(16,26)29-23(32)21-13(2)30(3)24(33)28-21/h4-6,9-12,14,34H,7-8,27H2,1-3H3,(H,28,33)(H,29,32)/t12-,25-,26-/m1/s1. The highest BCUT2D eigenvalue weighted by molar-refractivity contribution is 6.16. The van der Waals surface area contributed by atoms with E-state index in [1.165, 1.54) is 24.5 Å². The lowest BCUT2D eigenvalue weighted by molar-refractivity contribution is -0.169. The maximum atomic E-state index is 14.0. The number of H-pyrrole nitrogens is 1. The molecule has 3 atom stereocenters. The molecule has 0 bridgehead atoms. The van der Waals surface area contributed by atoms with Crippen molar-refractivity contribution in [2.24, 2.45) is 13.0 Å². The van der Waals surface area contributed by atoms with Gasteiger partial charge in [0.15, 0.2) is 0 Å². The number of aliphatic hydroxyl groups is 1. The minimum absolute atomic E-state index is 0.00150. The van der Waals surface area contributed by atoms with Crippen LogP contribution in [0.3, 0.4) is 0 Å². The average molecular weight is 475 g/mol. The van der Waals surface area contributed by atoms with Gasteiger partial charge in [-0.25, -0.2) is 4.79 Å². The Morgan fingerprint density at radius 2 is 2.00 bits per heavy atom. The van der Waals surface area contributed by atoms with Gasteiger partial charge in [-0.2, -0.15) is 0 Å². The highest BCUT2D eigenvalue weighted by Crippen LogP contribution is 2.59. The Kier molecular flexibility index (Phi) is 4.24. The number of hydrogen-bond donors (Lipinski definition) is 4. The van der Waals surface area contributed by atoms with Crippen molar-refractivity contribution in [3.63, 3.8) is 0 Å². The van der Waals surface area contributed by atoms with E-state index in [4.69, 9.17) is 10.5 Å². The number of nitrogen functional groups attached to an aromatic ring is 1. The first-order valence-electron chi connectivity index (χ1n) is 11.7. The SMILES string of the molecule is Cc1c(C(=O)N[C@]23C(=O)c4c(N)cccc4[C@@]2(O)Oc2cc([C@H](C)C4CC4)ccc23)[nH]c(=O)n1C. The van der Waals surface area contributed by atoms with Gasteiger partial charge in [0.1, 0.15) is 11.4 Å². The minimum Gasteiger partial charge on any atom is -0.454 e. The van der Waals surface area contributed by atoms with E-state index in [0.717, 1.165) is 5.56 Å². The van der Waals surface area contributed by atoms with Crippen LogP contribution in [0.15, 0.2) is 41.2 Å². The lowest BCUT2D eigenvalue weighted by Gasteiger charge is -2.34. The van der Waals surface area contributed by atoms with Crippen molar-refractivity contribution in [2.45, 2.75) is 43.9 Å². The Bertz CT molecular complexity index is 1500. The van der Waals surface area contributed by atoms with Crippen LogP contribution in [-0.4, -0.2) is 26.3 Å². The van der Waals surface area contributed by atoms with E-state index in [-0.39, 0.29) is 22.5 Å². The van der Waals surface area contributed by atoms with Crippen molar-refractivity contribution >= 4 is 17.4 Å². The van der Waals surface area contributed by atoms with Crippen LogP contribution in [-0.2, 0) is 18.4 Å². The summed E-state index contributed by atoms with van der Waals surface area (Å²) < 4.78 is 7.45. The van der Waals surface area contributed by atoms with Crippen molar-refractivity contribution in [3.05, 3.63) is 80.5 Å². The minimum atomic E-state index is -2.21. The molecule has 3 aromatic rings. The molecule has 2 heterocycles. The Morgan fingerprint density at radius 1 is 1.26 bits per heavy atom. The molecule has 0 saturated heterocycles. The van der Waals surface area contributed by atoms with E-state index in [1.54, 1.807) is 31.2 Å². The van der Waals surface area contributed by atoms with Crippen molar-refractivity contribution in [1.82, 2.24) is 14.9 Å². The molecule has 1 aliphatic heterocycles. The number of fused-ring (bicyclic) bond motifs is 5. The number of carbonyl (C=O) groups is 2. The number of nitrogens with two attached hydrogens (primary N) is 1. The van der Waals surface area contributed by atoms with E-state index in [0.29, 0.717) is 28.8 Å². The second-order valence-corrected chi connectivity index (χ2v) is 9.88. The van der Waals surface area contributed by atoms with Crippen LogP contribution in [0, 0.1) is 12.8 Å². The van der Waals surface area contributed by atoms with Gasteiger partial charge in [0.2, 0.25) is 11.3 Å². The topological polar surface area (TPSA) is 139 Å². The summed E-state index contributed by atoms with van der Waals surface area (Å²) in [5, 5.41) is 14.8. The molecule has 0 radical (unpaired) electrons. The zero-order valence-corrected chi connectivity index (χ0v) is 19.6. The second-order valence-electron chi connectivity index (χ2n) is 9.88. The highest BCUT2D eigenvalue weighted by Gasteiger charge is 2.72. The number of ether oxygens (including phenoxy) is 1. The molecule has 9 heteroatoms. The van der Waals surface area contributed by atoms with E-state index in [2.05, 4.69) is 17.2 Å². The van der Waals surface area contributed by atoms with Gasteiger partial charge in [-0.3, -0.25) is 14.2 Å². The van der Waals surface area contributed by atoms with E-state index in [9.17, 15) is 19.5 Å². The second kappa shape index (κ2) is 6.85. The van der Waals surface area contributed by atoms with E-state index < -0.39 is 28.7 Å². The molecule has 0 spiro atoms. The Balaban J connectivity index is 1.54. The first kappa shape index (κ1) is 21.7. The normalized spacial score (nSPS) is 25.0. The Labute approximate surface area is 200 Å². The van der Waals surface area contributed by atoms with Gasteiger partial charge in [0.05, 0.1) is 5.56 Å². The van der Waals surface area contributed by atoms with Crippen LogP contribution in [0.5, 0.6) is 5.75 Å². The molecule has 5 N–H and O–H groups in total. The van der Waals surface area contributed by atoms with Gasteiger partial charge in [0.25, 0.3) is 11.7 Å². The number of anilines is 1.